The Morgan fingerprint density at radius 3 is 2.42 bits per heavy atom. The van der Waals surface area contributed by atoms with E-state index in [-0.39, 0.29) is 11.5 Å². The van der Waals surface area contributed by atoms with Gasteiger partial charge in [-0.3, -0.25) is 0 Å². The average molecular weight is 427 g/mol. The number of aliphatic hydroxyl groups is 1. The Bertz CT molecular complexity index is 754. The van der Waals surface area contributed by atoms with E-state index in [4.69, 9.17) is 0 Å². The third kappa shape index (κ3) is 3.34. The molecule has 1 nitrogen and oxygen atoms in total. The van der Waals surface area contributed by atoms with Crippen molar-refractivity contribution in [3.8, 4) is 0 Å². The van der Waals surface area contributed by atoms with E-state index in [2.05, 4.69) is 67.5 Å². The average Bonchev–Trinajstić information content (AvgIpc) is 2.96. The minimum atomic E-state index is -0.135. The molecule has 0 aromatic carbocycles. The van der Waals surface area contributed by atoms with E-state index in [1.165, 1.54) is 56.9 Å². The van der Waals surface area contributed by atoms with Gasteiger partial charge in [0.05, 0.1) is 6.10 Å². The Balaban J connectivity index is 1.63. The Morgan fingerprint density at radius 2 is 1.74 bits per heavy atom. The molecule has 31 heavy (non-hydrogen) atoms. The van der Waals surface area contributed by atoms with Gasteiger partial charge in [-0.2, -0.15) is 0 Å². The van der Waals surface area contributed by atoms with E-state index in [9.17, 15) is 5.11 Å². The van der Waals surface area contributed by atoms with Crippen molar-refractivity contribution < 1.29 is 5.11 Å². The smallest absolute Gasteiger partial charge is 0.0594 e. The second-order valence-electron chi connectivity index (χ2n) is 13.7. The van der Waals surface area contributed by atoms with E-state index in [0.29, 0.717) is 22.2 Å². The lowest BCUT2D eigenvalue weighted by Crippen LogP contribution is -2.57. The van der Waals surface area contributed by atoms with Crippen LogP contribution in [0.4, 0.5) is 0 Å². The topological polar surface area (TPSA) is 20.2 Å². The predicted octanol–water partition coefficient (Wildman–Crippen LogP) is 8.34. The Kier molecular flexibility index (Phi) is 5.90. The molecule has 0 aromatic rings. The van der Waals surface area contributed by atoms with Crippen molar-refractivity contribution in [3.05, 3.63) is 23.3 Å². The molecule has 3 fully saturated rings. The maximum atomic E-state index is 10.8. The van der Waals surface area contributed by atoms with Crippen LogP contribution in [0.2, 0.25) is 0 Å². The highest BCUT2D eigenvalue weighted by molar-refractivity contribution is 5.32. The molecule has 0 amide bonds. The summed E-state index contributed by atoms with van der Waals surface area (Å²) in [6.45, 7) is 19.6. The molecule has 1 heteroatoms. The van der Waals surface area contributed by atoms with Crippen molar-refractivity contribution in [2.24, 2.45) is 45.3 Å². The molecule has 8 atom stereocenters. The van der Waals surface area contributed by atoms with Crippen molar-refractivity contribution in [2.75, 3.05) is 0 Å². The molecule has 1 N–H and O–H groups in total. The van der Waals surface area contributed by atoms with Gasteiger partial charge < -0.3 is 5.11 Å². The lowest BCUT2D eigenvalue weighted by atomic mass is 9.41. The highest BCUT2D eigenvalue weighted by Crippen LogP contribution is 2.73. The zero-order chi connectivity index (χ0) is 22.8. The number of aliphatic hydroxyl groups excluding tert-OH is 1. The Hall–Kier alpha value is -0.560. The first kappa shape index (κ1) is 23.6. The van der Waals surface area contributed by atoms with Crippen LogP contribution in [-0.2, 0) is 0 Å². The number of hydrogen-bond acceptors (Lipinski definition) is 1. The maximum absolute atomic E-state index is 10.8. The van der Waals surface area contributed by atoms with Crippen LogP contribution in [0.15, 0.2) is 23.3 Å². The second kappa shape index (κ2) is 7.75. The molecule has 3 saturated carbocycles. The fourth-order valence-electron chi connectivity index (χ4n) is 9.51. The van der Waals surface area contributed by atoms with Gasteiger partial charge >= 0.3 is 0 Å². The standard InChI is InChI=1S/C30H50O/c1-20(2)10-9-11-21(3)22-14-18-30(8)24-12-13-25-27(4,5)26(31)16-17-28(25,6)23(24)15-19-29(22,30)7/h10,15,21-22,24-26,31H,9,11-14,16-19H2,1-8H3. The number of rotatable bonds is 4. The molecular weight excluding hydrogens is 376 g/mol. The summed E-state index contributed by atoms with van der Waals surface area (Å²) in [4.78, 5) is 0. The summed E-state index contributed by atoms with van der Waals surface area (Å²) < 4.78 is 0. The van der Waals surface area contributed by atoms with Gasteiger partial charge in [-0.15, -0.1) is 0 Å². The highest BCUT2D eigenvalue weighted by atomic mass is 16.3. The molecule has 0 aliphatic heterocycles. The third-order valence-electron chi connectivity index (χ3n) is 11.7. The summed E-state index contributed by atoms with van der Waals surface area (Å²) in [5.74, 6) is 3.05. The molecule has 176 valence electrons. The fourth-order valence-corrected chi connectivity index (χ4v) is 9.51. The number of allylic oxidation sites excluding steroid dienone is 4. The fraction of sp³-hybridized carbons (Fsp3) is 0.867. The molecule has 0 spiro atoms. The van der Waals surface area contributed by atoms with Gasteiger partial charge in [0, 0.05) is 0 Å². The lowest BCUT2D eigenvalue weighted by Gasteiger charge is -2.64. The van der Waals surface area contributed by atoms with Crippen LogP contribution in [0, 0.1) is 45.3 Å². The van der Waals surface area contributed by atoms with Crippen molar-refractivity contribution in [3.63, 3.8) is 0 Å². The Morgan fingerprint density at radius 1 is 1.03 bits per heavy atom. The van der Waals surface area contributed by atoms with Crippen LogP contribution in [-0.4, -0.2) is 11.2 Å². The molecule has 0 radical (unpaired) electrons. The van der Waals surface area contributed by atoms with Crippen LogP contribution in [0.25, 0.3) is 0 Å². The van der Waals surface area contributed by atoms with Gasteiger partial charge in [0.1, 0.15) is 0 Å². The Labute approximate surface area is 193 Å². The van der Waals surface area contributed by atoms with Gasteiger partial charge in [0.2, 0.25) is 0 Å². The molecule has 0 saturated heterocycles. The van der Waals surface area contributed by atoms with Crippen molar-refractivity contribution in [1.29, 1.82) is 0 Å². The van der Waals surface area contributed by atoms with Crippen molar-refractivity contribution in [1.82, 2.24) is 0 Å². The van der Waals surface area contributed by atoms with Gasteiger partial charge in [-0.05, 0) is 117 Å². The minimum absolute atomic E-state index is 0.0398. The second-order valence-corrected chi connectivity index (χ2v) is 13.7. The van der Waals surface area contributed by atoms with E-state index in [0.717, 1.165) is 24.2 Å². The first-order valence-electron chi connectivity index (χ1n) is 13.4. The van der Waals surface area contributed by atoms with E-state index >= 15 is 0 Å². The van der Waals surface area contributed by atoms with Gasteiger partial charge in [0.15, 0.2) is 0 Å². The van der Waals surface area contributed by atoms with E-state index in [1.807, 2.05) is 0 Å². The number of hydrogen-bond donors (Lipinski definition) is 1. The van der Waals surface area contributed by atoms with E-state index in [1.54, 1.807) is 5.57 Å². The highest BCUT2D eigenvalue weighted by Gasteiger charge is 2.65. The maximum Gasteiger partial charge on any atom is 0.0594 e. The van der Waals surface area contributed by atoms with Crippen LogP contribution in [0.5, 0.6) is 0 Å². The van der Waals surface area contributed by atoms with Crippen LogP contribution in [0.3, 0.4) is 0 Å². The normalized spacial score (nSPS) is 46.9. The van der Waals surface area contributed by atoms with Gasteiger partial charge in [-0.1, -0.05) is 64.8 Å². The van der Waals surface area contributed by atoms with Crippen molar-refractivity contribution in [2.45, 2.75) is 119 Å². The summed E-state index contributed by atoms with van der Waals surface area (Å²) in [5, 5.41) is 10.8. The van der Waals surface area contributed by atoms with Crippen LogP contribution in [0.1, 0.15) is 113 Å². The zero-order valence-corrected chi connectivity index (χ0v) is 21.9. The van der Waals surface area contributed by atoms with Crippen LogP contribution >= 0.6 is 0 Å². The van der Waals surface area contributed by atoms with E-state index < -0.39 is 0 Å². The SMILES string of the molecule is CC(C)=CCCC(C)C1CCC2(C)C3CCC4C(C)(CCC(O)C4(C)C)C3=CCC12C. The molecule has 0 bridgehead atoms. The molecule has 0 aromatic heterocycles. The number of fused-ring (bicyclic) bond motifs is 5. The first-order valence-corrected chi connectivity index (χ1v) is 13.4. The molecule has 4 aliphatic rings. The summed E-state index contributed by atoms with van der Waals surface area (Å²) in [6, 6.07) is 0. The molecule has 4 aliphatic carbocycles. The predicted molar refractivity (Wildman–Crippen MR) is 133 cm³/mol. The largest absolute Gasteiger partial charge is 0.393 e. The lowest BCUT2D eigenvalue weighted by molar-refractivity contribution is -0.118. The molecule has 0 heterocycles. The summed E-state index contributed by atoms with van der Waals surface area (Å²) in [7, 11) is 0. The first-order chi connectivity index (χ1) is 14.4. The van der Waals surface area contributed by atoms with Crippen LogP contribution < -0.4 is 0 Å². The van der Waals surface area contributed by atoms with Gasteiger partial charge in [0.25, 0.3) is 0 Å². The molecular formula is C30H50O. The quantitative estimate of drug-likeness (QED) is 0.448. The summed E-state index contributed by atoms with van der Waals surface area (Å²) in [6.07, 6.45) is 16.5. The van der Waals surface area contributed by atoms with Crippen molar-refractivity contribution >= 4 is 0 Å². The third-order valence-corrected chi connectivity index (χ3v) is 11.7. The minimum Gasteiger partial charge on any atom is -0.393 e. The van der Waals surface area contributed by atoms with Gasteiger partial charge in [-0.25, -0.2) is 0 Å². The zero-order valence-electron chi connectivity index (χ0n) is 21.9. The summed E-state index contributed by atoms with van der Waals surface area (Å²) in [5.41, 5.74) is 4.49. The monoisotopic (exact) mass is 426 g/mol. The molecule has 4 rings (SSSR count). The summed E-state index contributed by atoms with van der Waals surface area (Å²) >= 11 is 0. The molecule has 8 unspecified atom stereocenters.